The van der Waals surface area contributed by atoms with E-state index in [-0.39, 0.29) is 16.8 Å². The van der Waals surface area contributed by atoms with Crippen LogP contribution in [0.15, 0.2) is 21.6 Å². The molecule has 5 nitrogen and oxygen atoms in total. The SMILES string of the molecule is Nc1ncc(Br)cc1S(=O)(=O)N1CC2CCC1C2. The lowest BCUT2D eigenvalue weighted by atomic mass is 10.1. The van der Waals surface area contributed by atoms with Gasteiger partial charge in [-0.25, -0.2) is 13.4 Å². The van der Waals surface area contributed by atoms with E-state index in [2.05, 4.69) is 20.9 Å². The highest BCUT2D eigenvalue weighted by Crippen LogP contribution is 2.41. The quantitative estimate of drug-likeness (QED) is 0.892. The second kappa shape index (κ2) is 4.18. The molecule has 2 unspecified atom stereocenters. The topological polar surface area (TPSA) is 76.3 Å². The van der Waals surface area contributed by atoms with Crippen molar-refractivity contribution in [3.05, 3.63) is 16.7 Å². The van der Waals surface area contributed by atoms with Crippen LogP contribution in [0.4, 0.5) is 5.82 Å². The molecule has 1 aromatic rings. The maximum Gasteiger partial charge on any atom is 0.247 e. The van der Waals surface area contributed by atoms with Gasteiger partial charge < -0.3 is 5.73 Å². The summed E-state index contributed by atoms with van der Waals surface area (Å²) in [6, 6.07) is 1.68. The minimum absolute atomic E-state index is 0.0703. The van der Waals surface area contributed by atoms with E-state index in [1.54, 1.807) is 4.31 Å². The third-order valence-electron chi connectivity index (χ3n) is 3.79. The van der Waals surface area contributed by atoms with Crippen molar-refractivity contribution in [2.45, 2.75) is 30.2 Å². The van der Waals surface area contributed by atoms with Gasteiger partial charge in [-0.05, 0) is 47.2 Å². The molecule has 2 heterocycles. The van der Waals surface area contributed by atoms with Crippen molar-refractivity contribution >= 4 is 31.8 Å². The first kappa shape index (κ1) is 12.4. The Morgan fingerprint density at radius 3 is 2.83 bits per heavy atom. The molecule has 1 aromatic heterocycles. The minimum Gasteiger partial charge on any atom is -0.383 e. The van der Waals surface area contributed by atoms with Crippen LogP contribution in [0.1, 0.15) is 19.3 Å². The molecule has 3 rings (SSSR count). The van der Waals surface area contributed by atoms with Crippen LogP contribution in [-0.4, -0.2) is 30.3 Å². The van der Waals surface area contributed by atoms with Gasteiger partial charge in [0.2, 0.25) is 10.0 Å². The summed E-state index contributed by atoms with van der Waals surface area (Å²) in [7, 11) is -3.51. The maximum absolute atomic E-state index is 12.6. The number of hydrogen-bond donors (Lipinski definition) is 1. The fourth-order valence-corrected chi connectivity index (χ4v) is 5.26. The molecule has 1 saturated heterocycles. The van der Waals surface area contributed by atoms with Crippen molar-refractivity contribution in [2.24, 2.45) is 5.92 Å². The van der Waals surface area contributed by atoms with Crippen molar-refractivity contribution in [1.82, 2.24) is 9.29 Å². The van der Waals surface area contributed by atoms with Crippen LogP contribution >= 0.6 is 15.9 Å². The third-order valence-corrected chi connectivity index (χ3v) is 6.18. The number of hydrogen-bond acceptors (Lipinski definition) is 4. The van der Waals surface area contributed by atoms with E-state index in [9.17, 15) is 8.42 Å². The molecule has 0 aromatic carbocycles. The third kappa shape index (κ3) is 1.85. The number of fused-ring (bicyclic) bond motifs is 2. The second-order valence-electron chi connectivity index (χ2n) is 4.94. The summed E-state index contributed by atoms with van der Waals surface area (Å²) in [5.74, 6) is 0.590. The first-order chi connectivity index (χ1) is 8.48. The number of rotatable bonds is 2. The Balaban J connectivity index is 2.02. The molecule has 2 N–H and O–H groups in total. The molecule has 2 fully saturated rings. The second-order valence-corrected chi connectivity index (χ2v) is 7.72. The van der Waals surface area contributed by atoms with E-state index in [1.807, 2.05) is 0 Å². The Kier molecular flexibility index (Phi) is 2.87. The number of nitrogen functional groups attached to an aromatic ring is 1. The Hall–Kier alpha value is -0.660. The molecule has 18 heavy (non-hydrogen) atoms. The molecule has 1 saturated carbocycles. The molecular weight excluding hydrogens is 318 g/mol. The van der Waals surface area contributed by atoms with Gasteiger partial charge in [-0.15, -0.1) is 0 Å². The van der Waals surface area contributed by atoms with E-state index < -0.39 is 10.0 Å². The minimum atomic E-state index is -3.51. The lowest BCUT2D eigenvalue weighted by molar-refractivity contribution is 0.333. The first-order valence-electron chi connectivity index (χ1n) is 5.91. The number of halogens is 1. The summed E-state index contributed by atoms with van der Waals surface area (Å²) < 4.78 is 27.4. The molecule has 98 valence electrons. The van der Waals surface area contributed by atoms with Crippen molar-refractivity contribution < 1.29 is 8.42 Å². The summed E-state index contributed by atoms with van der Waals surface area (Å²) in [4.78, 5) is 4.02. The van der Waals surface area contributed by atoms with Crippen molar-refractivity contribution in [2.75, 3.05) is 12.3 Å². The fraction of sp³-hybridized carbons (Fsp3) is 0.545. The Labute approximate surface area is 115 Å². The smallest absolute Gasteiger partial charge is 0.247 e. The molecule has 0 spiro atoms. The lowest BCUT2D eigenvalue weighted by Gasteiger charge is -2.26. The van der Waals surface area contributed by atoms with Crippen LogP contribution in [0, 0.1) is 5.92 Å². The van der Waals surface area contributed by atoms with Crippen molar-refractivity contribution in [3.63, 3.8) is 0 Å². The van der Waals surface area contributed by atoms with Gasteiger partial charge >= 0.3 is 0 Å². The molecule has 2 atom stereocenters. The molecule has 7 heteroatoms. The fourth-order valence-electron chi connectivity index (χ4n) is 2.94. The number of aromatic nitrogens is 1. The van der Waals surface area contributed by atoms with Gasteiger partial charge in [0.1, 0.15) is 10.7 Å². The van der Waals surface area contributed by atoms with Gasteiger partial charge in [-0.1, -0.05) is 0 Å². The molecule has 0 amide bonds. The highest BCUT2D eigenvalue weighted by atomic mass is 79.9. The van der Waals surface area contributed by atoms with E-state index in [4.69, 9.17) is 5.73 Å². The number of anilines is 1. The van der Waals surface area contributed by atoms with Gasteiger partial charge in [0.25, 0.3) is 0 Å². The van der Waals surface area contributed by atoms with E-state index >= 15 is 0 Å². The van der Waals surface area contributed by atoms with Crippen LogP contribution in [0.2, 0.25) is 0 Å². The number of pyridine rings is 1. The van der Waals surface area contributed by atoms with E-state index in [0.717, 1.165) is 19.3 Å². The molecule has 0 radical (unpaired) electrons. The van der Waals surface area contributed by atoms with Crippen molar-refractivity contribution in [1.29, 1.82) is 0 Å². The highest BCUT2D eigenvalue weighted by Gasteiger charge is 2.44. The normalized spacial score (nSPS) is 27.8. The zero-order valence-electron chi connectivity index (χ0n) is 9.71. The van der Waals surface area contributed by atoms with Gasteiger partial charge in [-0.2, -0.15) is 4.31 Å². The maximum atomic E-state index is 12.6. The van der Waals surface area contributed by atoms with Crippen LogP contribution in [-0.2, 0) is 10.0 Å². The predicted molar refractivity (Wildman–Crippen MR) is 71.4 cm³/mol. The molecule has 1 aliphatic heterocycles. The van der Waals surface area contributed by atoms with Gasteiger partial charge in [0.15, 0.2) is 0 Å². The van der Waals surface area contributed by atoms with Crippen LogP contribution < -0.4 is 5.73 Å². The number of nitrogens with two attached hydrogens (primary N) is 1. The number of nitrogens with zero attached hydrogens (tertiary/aromatic N) is 2. The highest BCUT2D eigenvalue weighted by molar-refractivity contribution is 9.10. The first-order valence-corrected chi connectivity index (χ1v) is 8.14. The monoisotopic (exact) mass is 331 g/mol. The molecule has 1 aliphatic carbocycles. The average Bonchev–Trinajstić information content (AvgIpc) is 2.94. The summed E-state index contributed by atoms with van der Waals surface area (Å²) in [5.41, 5.74) is 5.70. The molecule has 2 aliphatic rings. The summed E-state index contributed by atoms with van der Waals surface area (Å²) in [6.07, 6.45) is 4.60. The Bertz CT molecular complexity index is 590. The molecule has 2 bridgehead atoms. The summed E-state index contributed by atoms with van der Waals surface area (Å²) in [6.45, 7) is 0.624. The Morgan fingerprint density at radius 1 is 1.44 bits per heavy atom. The zero-order valence-corrected chi connectivity index (χ0v) is 12.1. The van der Waals surface area contributed by atoms with Crippen LogP contribution in [0.5, 0.6) is 0 Å². The average molecular weight is 332 g/mol. The molecular formula is C11H14BrN3O2S. The summed E-state index contributed by atoms with van der Waals surface area (Å²) >= 11 is 3.24. The summed E-state index contributed by atoms with van der Waals surface area (Å²) in [5, 5.41) is 0. The largest absolute Gasteiger partial charge is 0.383 e. The number of piperidine rings is 1. The van der Waals surface area contributed by atoms with Gasteiger partial charge in [-0.3, -0.25) is 0 Å². The van der Waals surface area contributed by atoms with Crippen molar-refractivity contribution in [3.8, 4) is 0 Å². The predicted octanol–water partition coefficient (Wildman–Crippen LogP) is 1.60. The van der Waals surface area contributed by atoms with E-state index in [1.165, 1.54) is 12.3 Å². The zero-order chi connectivity index (χ0) is 12.9. The standard InChI is InChI=1S/C11H14BrN3O2S/c12-8-4-10(11(13)14-5-8)18(16,17)15-6-7-1-2-9(15)3-7/h4-5,7,9H,1-3,6H2,(H2,13,14). The van der Waals surface area contributed by atoms with E-state index in [0.29, 0.717) is 16.9 Å². The van der Waals surface area contributed by atoms with Crippen LogP contribution in [0.3, 0.4) is 0 Å². The van der Waals surface area contributed by atoms with Crippen LogP contribution in [0.25, 0.3) is 0 Å². The number of sulfonamides is 1. The van der Waals surface area contributed by atoms with Gasteiger partial charge in [0.05, 0.1) is 0 Å². The Morgan fingerprint density at radius 2 is 2.22 bits per heavy atom. The van der Waals surface area contributed by atoms with Gasteiger partial charge in [0, 0.05) is 23.3 Å². The lowest BCUT2D eigenvalue weighted by Crippen LogP contribution is -2.38.